The van der Waals surface area contributed by atoms with Crippen LogP contribution in [0.1, 0.15) is 52.4 Å². The third-order valence-electron chi connectivity index (χ3n) is 5.03. The third-order valence-corrected chi connectivity index (χ3v) is 5.03. The molecular weight excluding hydrogens is 230 g/mol. The standard InChI is InChI=1S/C14H25NO3/c1-4-5-7-14-8-6-11(9-12(16)10(14)2)15(14)13(17)18-3/h10-12,16H,4-9H2,1-3H3/t10-,11-,12+,14+/m0/s1. The van der Waals surface area contributed by atoms with Gasteiger partial charge in [0.15, 0.2) is 0 Å². The van der Waals surface area contributed by atoms with E-state index in [9.17, 15) is 9.90 Å². The van der Waals surface area contributed by atoms with Crippen LogP contribution in [-0.2, 0) is 4.74 Å². The van der Waals surface area contributed by atoms with Crippen LogP contribution in [0.4, 0.5) is 4.79 Å². The van der Waals surface area contributed by atoms with E-state index in [1.807, 2.05) is 4.90 Å². The van der Waals surface area contributed by atoms with E-state index in [1.165, 1.54) is 7.11 Å². The second-order valence-electron chi connectivity index (χ2n) is 5.83. The van der Waals surface area contributed by atoms with Crippen LogP contribution >= 0.6 is 0 Å². The highest BCUT2D eigenvalue weighted by atomic mass is 16.5. The van der Waals surface area contributed by atoms with E-state index in [1.54, 1.807) is 0 Å². The van der Waals surface area contributed by atoms with Crippen LogP contribution in [0.15, 0.2) is 0 Å². The molecule has 1 amide bonds. The Bertz CT molecular complexity index is 320. The van der Waals surface area contributed by atoms with Gasteiger partial charge in [0.1, 0.15) is 0 Å². The lowest BCUT2D eigenvalue weighted by molar-refractivity contribution is -0.0616. The summed E-state index contributed by atoms with van der Waals surface area (Å²) in [5, 5.41) is 10.2. The molecular formula is C14H25NO3. The van der Waals surface area contributed by atoms with Gasteiger partial charge in [-0.1, -0.05) is 26.7 Å². The van der Waals surface area contributed by atoms with Gasteiger partial charge in [-0.25, -0.2) is 4.79 Å². The summed E-state index contributed by atoms with van der Waals surface area (Å²) in [5.41, 5.74) is -0.175. The summed E-state index contributed by atoms with van der Waals surface area (Å²) in [6.07, 6.45) is 5.40. The Balaban J connectivity index is 2.29. The number of rotatable bonds is 3. The molecule has 2 saturated heterocycles. The van der Waals surface area contributed by atoms with Crippen molar-refractivity contribution in [2.24, 2.45) is 5.92 Å². The lowest BCUT2D eigenvalue weighted by Gasteiger charge is -2.50. The number of aliphatic hydroxyl groups is 1. The zero-order valence-electron chi connectivity index (χ0n) is 11.7. The van der Waals surface area contributed by atoms with Crippen molar-refractivity contribution in [3.63, 3.8) is 0 Å². The van der Waals surface area contributed by atoms with Gasteiger partial charge in [0.05, 0.1) is 18.8 Å². The Morgan fingerprint density at radius 2 is 2.28 bits per heavy atom. The Kier molecular flexibility index (Phi) is 3.85. The van der Waals surface area contributed by atoms with E-state index in [-0.39, 0.29) is 29.7 Å². The maximum atomic E-state index is 12.1. The van der Waals surface area contributed by atoms with Crippen molar-refractivity contribution in [3.05, 3.63) is 0 Å². The number of aliphatic hydroxyl groups excluding tert-OH is 1. The molecule has 2 aliphatic rings. The molecule has 0 radical (unpaired) electrons. The smallest absolute Gasteiger partial charge is 0.410 e. The zero-order chi connectivity index (χ0) is 13.3. The molecule has 0 aliphatic carbocycles. The van der Waals surface area contributed by atoms with Crippen LogP contribution in [-0.4, -0.2) is 40.9 Å². The average molecular weight is 255 g/mol. The molecule has 2 heterocycles. The molecule has 0 unspecified atom stereocenters. The maximum absolute atomic E-state index is 12.1. The fraction of sp³-hybridized carbons (Fsp3) is 0.929. The minimum absolute atomic E-state index is 0.141. The number of carbonyl (C=O) groups is 1. The van der Waals surface area contributed by atoms with Crippen molar-refractivity contribution in [3.8, 4) is 0 Å². The molecule has 0 aromatic heterocycles. The molecule has 4 atom stereocenters. The lowest BCUT2D eigenvalue weighted by Crippen LogP contribution is -2.61. The minimum Gasteiger partial charge on any atom is -0.453 e. The minimum atomic E-state index is -0.282. The van der Waals surface area contributed by atoms with Crippen molar-refractivity contribution < 1.29 is 14.6 Å². The van der Waals surface area contributed by atoms with Crippen molar-refractivity contribution in [2.75, 3.05) is 7.11 Å². The van der Waals surface area contributed by atoms with Gasteiger partial charge in [-0.2, -0.15) is 0 Å². The second kappa shape index (κ2) is 5.08. The lowest BCUT2D eigenvalue weighted by atomic mass is 9.74. The van der Waals surface area contributed by atoms with Gasteiger partial charge in [0, 0.05) is 12.0 Å². The SMILES string of the molecule is CCCC[C@@]12CC[C@@H](C[C@@H](O)[C@@H]1C)N2C(=O)OC. The normalized spacial score (nSPS) is 38.9. The van der Waals surface area contributed by atoms with Gasteiger partial charge in [-0.3, -0.25) is 4.90 Å². The number of methoxy groups -OCH3 is 1. The maximum Gasteiger partial charge on any atom is 0.410 e. The van der Waals surface area contributed by atoms with E-state index >= 15 is 0 Å². The Morgan fingerprint density at radius 3 is 2.89 bits per heavy atom. The highest BCUT2D eigenvalue weighted by molar-refractivity contribution is 5.70. The molecule has 2 aliphatic heterocycles. The molecule has 0 aromatic rings. The highest BCUT2D eigenvalue weighted by Crippen LogP contribution is 2.50. The van der Waals surface area contributed by atoms with E-state index in [4.69, 9.17) is 4.74 Å². The molecule has 2 fully saturated rings. The number of hydrogen-bond donors (Lipinski definition) is 1. The molecule has 0 aromatic carbocycles. The van der Waals surface area contributed by atoms with Crippen LogP contribution in [0, 0.1) is 5.92 Å². The van der Waals surface area contributed by atoms with Crippen LogP contribution in [0.2, 0.25) is 0 Å². The first-order valence-corrected chi connectivity index (χ1v) is 7.12. The first kappa shape index (κ1) is 13.7. The van der Waals surface area contributed by atoms with Gasteiger partial charge in [-0.15, -0.1) is 0 Å². The van der Waals surface area contributed by atoms with Gasteiger partial charge in [0.2, 0.25) is 0 Å². The number of piperidine rings is 1. The second-order valence-corrected chi connectivity index (χ2v) is 5.83. The van der Waals surface area contributed by atoms with E-state index < -0.39 is 0 Å². The summed E-state index contributed by atoms with van der Waals surface area (Å²) in [5.74, 6) is 0.141. The van der Waals surface area contributed by atoms with Crippen LogP contribution in [0.5, 0.6) is 0 Å². The monoisotopic (exact) mass is 255 g/mol. The van der Waals surface area contributed by atoms with Crippen molar-refractivity contribution in [2.45, 2.75) is 70.1 Å². The summed E-state index contributed by atoms with van der Waals surface area (Å²) in [7, 11) is 1.45. The molecule has 4 nitrogen and oxygen atoms in total. The largest absolute Gasteiger partial charge is 0.453 e. The first-order valence-electron chi connectivity index (χ1n) is 7.12. The summed E-state index contributed by atoms with van der Waals surface area (Å²) in [4.78, 5) is 14.0. The molecule has 2 bridgehead atoms. The molecule has 4 heteroatoms. The molecule has 2 rings (SSSR count). The first-order chi connectivity index (χ1) is 8.56. The van der Waals surface area contributed by atoms with Crippen LogP contribution in [0.25, 0.3) is 0 Å². The number of unbranched alkanes of at least 4 members (excludes halogenated alkanes) is 1. The third kappa shape index (κ3) is 1.91. The van der Waals surface area contributed by atoms with Crippen molar-refractivity contribution in [1.82, 2.24) is 4.90 Å². The predicted molar refractivity (Wildman–Crippen MR) is 69.3 cm³/mol. The van der Waals surface area contributed by atoms with E-state index in [0.717, 1.165) is 32.1 Å². The number of hydrogen-bond acceptors (Lipinski definition) is 3. The molecule has 0 saturated carbocycles. The summed E-state index contributed by atoms with van der Waals surface area (Å²) in [6, 6.07) is 0.167. The quantitative estimate of drug-likeness (QED) is 0.843. The number of fused-ring (bicyclic) bond motifs is 2. The Morgan fingerprint density at radius 1 is 1.56 bits per heavy atom. The number of carbonyl (C=O) groups excluding carboxylic acids is 1. The average Bonchev–Trinajstić information content (AvgIpc) is 2.68. The summed E-state index contributed by atoms with van der Waals surface area (Å²) in [6.45, 7) is 4.24. The highest BCUT2D eigenvalue weighted by Gasteiger charge is 2.57. The number of nitrogens with zero attached hydrogens (tertiary/aromatic N) is 1. The molecule has 0 spiro atoms. The van der Waals surface area contributed by atoms with Gasteiger partial charge < -0.3 is 9.84 Å². The van der Waals surface area contributed by atoms with Crippen molar-refractivity contribution in [1.29, 1.82) is 0 Å². The molecule has 18 heavy (non-hydrogen) atoms. The summed E-state index contributed by atoms with van der Waals surface area (Å²) < 4.78 is 4.96. The fourth-order valence-electron chi connectivity index (χ4n) is 3.93. The van der Waals surface area contributed by atoms with Gasteiger partial charge in [0.25, 0.3) is 0 Å². The summed E-state index contributed by atoms with van der Waals surface area (Å²) >= 11 is 0. The Hall–Kier alpha value is -0.770. The van der Waals surface area contributed by atoms with Gasteiger partial charge >= 0.3 is 6.09 Å². The van der Waals surface area contributed by atoms with E-state index in [0.29, 0.717) is 6.42 Å². The topological polar surface area (TPSA) is 49.8 Å². The number of amides is 1. The zero-order valence-corrected chi connectivity index (χ0v) is 11.7. The molecule has 104 valence electrons. The van der Waals surface area contributed by atoms with Crippen molar-refractivity contribution >= 4 is 6.09 Å². The van der Waals surface area contributed by atoms with E-state index in [2.05, 4.69) is 13.8 Å². The predicted octanol–water partition coefficient (Wildman–Crippen LogP) is 2.55. The van der Waals surface area contributed by atoms with Crippen LogP contribution in [0.3, 0.4) is 0 Å². The number of ether oxygens (including phenoxy) is 1. The van der Waals surface area contributed by atoms with Gasteiger partial charge in [-0.05, 0) is 25.7 Å². The molecule has 1 N–H and O–H groups in total. The fourth-order valence-corrected chi connectivity index (χ4v) is 3.93. The Labute approximate surface area is 109 Å². The van der Waals surface area contributed by atoms with Crippen LogP contribution < -0.4 is 0 Å².